The highest BCUT2D eigenvalue weighted by atomic mass is 16.5. The number of amides is 1. The Labute approximate surface area is 133 Å². The van der Waals surface area contributed by atoms with Gasteiger partial charge in [-0.25, -0.2) is 0 Å². The Kier molecular flexibility index (Phi) is 8.11. The zero-order valence-electron chi connectivity index (χ0n) is 14.1. The molecule has 1 amide bonds. The van der Waals surface area contributed by atoms with Crippen LogP contribution in [0.4, 0.5) is 0 Å². The van der Waals surface area contributed by atoms with E-state index in [4.69, 9.17) is 9.47 Å². The molecule has 0 atom stereocenters. The smallest absolute Gasteiger partial charge is 0.246 e. The molecular weight excluding hydrogens is 278 g/mol. The van der Waals surface area contributed by atoms with E-state index in [1.54, 1.807) is 24.2 Å². The Bertz CT molecular complexity index is 497. The van der Waals surface area contributed by atoms with Crippen molar-refractivity contribution < 1.29 is 14.3 Å². The first-order valence-electron chi connectivity index (χ1n) is 7.86. The number of hydrogen-bond donors (Lipinski definition) is 0. The molecule has 0 bridgehead atoms. The van der Waals surface area contributed by atoms with Crippen LogP contribution in [0.3, 0.4) is 0 Å². The second-order valence-electron chi connectivity index (χ2n) is 5.21. The van der Waals surface area contributed by atoms with Crippen LogP contribution in [0.1, 0.15) is 38.7 Å². The molecule has 4 nitrogen and oxygen atoms in total. The van der Waals surface area contributed by atoms with Crippen molar-refractivity contribution in [3.63, 3.8) is 0 Å². The highest BCUT2D eigenvalue weighted by molar-refractivity contribution is 5.91. The van der Waals surface area contributed by atoms with Gasteiger partial charge in [0.25, 0.3) is 0 Å². The first kappa shape index (κ1) is 18.1. The van der Waals surface area contributed by atoms with Crippen LogP contribution >= 0.6 is 0 Å². The van der Waals surface area contributed by atoms with E-state index >= 15 is 0 Å². The van der Waals surface area contributed by atoms with Crippen LogP contribution in [0, 0.1) is 0 Å². The van der Waals surface area contributed by atoms with Crippen molar-refractivity contribution in [2.75, 3.05) is 27.3 Å². The number of likely N-dealkylation sites (N-methyl/N-ethyl adjacent to an activating group) is 1. The SMILES string of the molecule is CCCCN(C)C(=O)/C=C/c1ccc(OCCC)c(OC)c1. The normalized spacial score (nSPS) is 10.7. The predicted octanol–water partition coefficient (Wildman–Crippen LogP) is 3.76. The van der Waals surface area contributed by atoms with Gasteiger partial charge in [-0.2, -0.15) is 0 Å². The maximum absolute atomic E-state index is 12.0. The summed E-state index contributed by atoms with van der Waals surface area (Å²) in [7, 11) is 3.44. The van der Waals surface area contributed by atoms with Gasteiger partial charge in [-0.15, -0.1) is 0 Å². The number of methoxy groups -OCH3 is 1. The Morgan fingerprint density at radius 1 is 1.23 bits per heavy atom. The topological polar surface area (TPSA) is 38.8 Å². The lowest BCUT2D eigenvalue weighted by Gasteiger charge is -2.14. The lowest BCUT2D eigenvalue weighted by molar-refractivity contribution is -0.124. The number of carbonyl (C=O) groups excluding carboxylic acids is 1. The molecule has 0 fully saturated rings. The van der Waals surface area contributed by atoms with E-state index in [2.05, 4.69) is 13.8 Å². The molecule has 0 saturated carbocycles. The minimum Gasteiger partial charge on any atom is -0.493 e. The van der Waals surface area contributed by atoms with Gasteiger partial charge in [-0.1, -0.05) is 26.3 Å². The maximum Gasteiger partial charge on any atom is 0.246 e. The molecule has 0 saturated heterocycles. The zero-order chi connectivity index (χ0) is 16.4. The Morgan fingerprint density at radius 3 is 2.64 bits per heavy atom. The van der Waals surface area contributed by atoms with Crippen molar-refractivity contribution in [3.05, 3.63) is 29.8 Å². The second kappa shape index (κ2) is 9.87. The van der Waals surface area contributed by atoms with Crippen LogP contribution in [-0.2, 0) is 4.79 Å². The third kappa shape index (κ3) is 5.80. The minimum atomic E-state index is 0.0127. The highest BCUT2D eigenvalue weighted by Crippen LogP contribution is 2.28. The summed E-state index contributed by atoms with van der Waals surface area (Å²) in [5.74, 6) is 1.43. The van der Waals surface area contributed by atoms with Crippen LogP contribution in [-0.4, -0.2) is 38.1 Å². The Hall–Kier alpha value is -1.97. The first-order chi connectivity index (χ1) is 10.6. The van der Waals surface area contributed by atoms with Gasteiger partial charge in [0.1, 0.15) is 0 Å². The Morgan fingerprint density at radius 2 is 2.00 bits per heavy atom. The quantitative estimate of drug-likeness (QED) is 0.652. The number of benzene rings is 1. The molecule has 22 heavy (non-hydrogen) atoms. The van der Waals surface area contributed by atoms with E-state index in [-0.39, 0.29) is 5.91 Å². The number of rotatable bonds is 9. The van der Waals surface area contributed by atoms with Crippen molar-refractivity contribution in [1.29, 1.82) is 0 Å². The summed E-state index contributed by atoms with van der Waals surface area (Å²) >= 11 is 0. The predicted molar refractivity (Wildman–Crippen MR) is 90.4 cm³/mol. The molecule has 1 rings (SSSR count). The number of ether oxygens (including phenoxy) is 2. The summed E-state index contributed by atoms with van der Waals surface area (Å²) in [5, 5.41) is 0. The summed E-state index contributed by atoms with van der Waals surface area (Å²) in [6.45, 7) is 5.62. The van der Waals surface area contributed by atoms with E-state index in [9.17, 15) is 4.79 Å². The van der Waals surface area contributed by atoms with Crippen LogP contribution in [0.15, 0.2) is 24.3 Å². The maximum atomic E-state index is 12.0. The number of unbranched alkanes of at least 4 members (excludes halogenated alkanes) is 1. The van der Waals surface area contributed by atoms with E-state index in [1.807, 2.05) is 25.2 Å². The fourth-order valence-electron chi connectivity index (χ4n) is 1.92. The summed E-state index contributed by atoms with van der Waals surface area (Å²) in [5.41, 5.74) is 0.915. The standard InChI is InChI=1S/C18H27NO3/c1-5-7-12-19(3)18(20)11-9-15-8-10-16(22-13-6-2)17(14-15)21-4/h8-11,14H,5-7,12-13H2,1-4H3/b11-9+. The van der Waals surface area contributed by atoms with Crippen LogP contribution in [0.5, 0.6) is 11.5 Å². The molecule has 0 N–H and O–H groups in total. The van der Waals surface area contributed by atoms with Crippen LogP contribution < -0.4 is 9.47 Å². The van der Waals surface area contributed by atoms with Gasteiger partial charge < -0.3 is 14.4 Å². The number of carbonyl (C=O) groups is 1. The van der Waals surface area contributed by atoms with Gasteiger partial charge in [0.2, 0.25) is 5.91 Å². The third-order valence-electron chi connectivity index (χ3n) is 3.29. The van der Waals surface area contributed by atoms with Gasteiger partial charge in [-0.3, -0.25) is 4.79 Å². The first-order valence-corrected chi connectivity index (χ1v) is 7.86. The van der Waals surface area contributed by atoms with Gasteiger partial charge >= 0.3 is 0 Å². The summed E-state index contributed by atoms with van der Waals surface area (Å²) in [4.78, 5) is 13.7. The monoisotopic (exact) mass is 305 g/mol. The molecule has 0 aliphatic heterocycles. The highest BCUT2D eigenvalue weighted by Gasteiger charge is 2.06. The van der Waals surface area contributed by atoms with Gasteiger partial charge in [0.05, 0.1) is 13.7 Å². The van der Waals surface area contributed by atoms with E-state index < -0.39 is 0 Å². The van der Waals surface area contributed by atoms with Crippen molar-refractivity contribution in [3.8, 4) is 11.5 Å². The molecule has 0 unspecified atom stereocenters. The fraction of sp³-hybridized carbons (Fsp3) is 0.500. The molecule has 122 valence electrons. The lowest BCUT2D eigenvalue weighted by Crippen LogP contribution is -2.25. The molecule has 1 aromatic rings. The van der Waals surface area contributed by atoms with Gasteiger partial charge in [-0.05, 0) is 36.6 Å². The second-order valence-corrected chi connectivity index (χ2v) is 5.21. The molecule has 0 radical (unpaired) electrons. The molecular formula is C18H27NO3. The van der Waals surface area contributed by atoms with Crippen LogP contribution in [0.25, 0.3) is 6.08 Å². The van der Waals surface area contributed by atoms with Gasteiger partial charge in [0, 0.05) is 19.7 Å². The third-order valence-corrected chi connectivity index (χ3v) is 3.29. The molecule has 4 heteroatoms. The van der Waals surface area contributed by atoms with Gasteiger partial charge in [0.15, 0.2) is 11.5 Å². The van der Waals surface area contributed by atoms with Crippen molar-refractivity contribution >= 4 is 12.0 Å². The van der Waals surface area contributed by atoms with E-state index in [1.165, 1.54) is 0 Å². The zero-order valence-corrected chi connectivity index (χ0v) is 14.1. The van der Waals surface area contributed by atoms with E-state index in [0.717, 1.165) is 37.1 Å². The minimum absolute atomic E-state index is 0.0127. The van der Waals surface area contributed by atoms with Crippen molar-refractivity contribution in [1.82, 2.24) is 4.90 Å². The molecule has 0 heterocycles. The van der Waals surface area contributed by atoms with Crippen LogP contribution in [0.2, 0.25) is 0 Å². The number of hydrogen-bond acceptors (Lipinski definition) is 3. The molecule has 1 aromatic carbocycles. The fourth-order valence-corrected chi connectivity index (χ4v) is 1.92. The Balaban J connectivity index is 2.72. The molecule has 0 aliphatic rings. The number of nitrogens with zero attached hydrogens (tertiary/aromatic N) is 1. The average molecular weight is 305 g/mol. The molecule has 0 aromatic heterocycles. The average Bonchev–Trinajstić information content (AvgIpc) is 2.55. The summed E-state index contributed by atoms with van der Waals surface area (Å²) < 4.78 is 11.0. The molecule has 0 aliphatic carbocycles. The van der Waals surface area contributed by atoms with E-state index in [0.29, 0.717) is 12.4 Å². The molecule has 0 spiro atoms. The largest absolute Gasteiger partial charge is 0.493 e. The van der Waals surface area contributed by atoms with Crippen molar-refractivity contribution in [2.24, 2.45) is 0 Å². The lowest BCUT2D eigenvalue weighted by atomic mass is 10.2. The summed E-state index contributed by atoms with van der Waals surface area (Å²) in [6, 6.07) is 5.67. The van der Waals surface area contributed by atoms with Crippen molar-refractivity contribution in [2.45, 2.75) is 33.1 Å². The summed E-state index contributed by atoms with van der Waals surface area (Å²) in [6.07, 6.45) is 6.45.